The highest BCUT2D eigenvalue weighted by Crippen LogP contribution is 2.27. The number of primary amides is 1. The van der Waals surface area contributed by atoms with Crippen LogP contribution in [-0.4, -0.2) is 126 Å². The molecule has 0 heterocycles. The van der Waals surface area contributed by atoms with E-state index >= 15 is 0 Å². The molecule has 464 valence electrons. The van der Waals surface area contributed by atoms with Crippen molar-refractivity contribution in [3.8, 4) is 23.0 Å². The van der Waals surface area contributed by atoms with Gasteiger partial charge in [-0.3, -0.25) is 38.4 Å². The van der Waals surface area contributed by atoms with E-state index in [9.17, 15) is 38.4 Å². The molecule has 0 radical (unpaired) electrons. The molecule has 0 saturated heterocycles. The molecule has 15 N–H and O–H groups in total. The third-order valence-electron chi connectivity index (χ3n) is 14.9. The van der Waals surface area contributed by atoms with Gasteiger partial charge in [0.05, 0.1) is 74.9 Å². The van der Waals surface area contributed by atoms with Crippen molar-refractivity contribution in [3.05, 3.63) is 117 Å². The van der Waals surface area contributed by atoms with Gasteiger partial charge in [0.1, 0.15) is 23.0 Å². The predicted octanol–water partition coefficient (Wildman–Crippen LogP) is 5.07. The summed E-state index contributed by atoms with van der Waals surface area (Å²) in [4.78, 5) is 111. The average molecular weight is 1180 g/mol. The smallest absolute Gasteiger partial charge is 0.255 e. The first kappa shape index (κ1) is 69.9. The van der Waals surface area contributed by atoms with Gasteiger partial charge < -0.3 is 69.3 Å². The first-order chi connectivity index (χ1) is 40.9. The SMILES string of the molecule is COc1ccc(CC(=O)[C@H](CCCCCN)NC(=O)c2cc(CC(=O)[C@H](CCCCCN)NC(=O)c3cc(CC(=O)[C@H](CCCCCN)NC(=O)c4cc(CC(=O)[C@@H](N)CCCCCN)ccc4OC)ccc3OC)ccc2OC)cc1C(N)=O. The number of nitrogens with two attached hydrogens (primary N) is 6. The second kappa shape index (κ2) is 37.7. The minimum atomic E-state index is -1.01. The van der Waals surface area contributed by atoms with E-state index in [2.05, 4.69) is 16.0 Å². The summed E-state index contributed by atoms with van der Waals surface area (Å²) >= 11 is 0. The highest BCUT2D eigenvalue weighted by atomic mass is 16.5. The van der Waals surface area contributed by atoms with Gasteiger partial charge in [0.2, 0.25) is 0 Å². The molecule has 21 heteroatoms. The molecular formula is C64H91N9O12. The van der Waals surface area contributed by atoms with Crippen LogP contribution < -0.4 is 69.3 Å². The van der Waals surface area contributed by atoms with Crippen LogP contribution in [0.3, 0.4) is 0 Å². The van der Waals surface area contributed by atoms with Crippen molar-refractivity contribution in [2.45, 2.75) is 153 Å². The zero-order chi connectivity index (χ0) is 62.3. The number of nitrogens with one attached hydrogen (secondary N) is 3. The maximum Gasteiger partial charge on any atom is 0.255 e. The number of amides is 4. The Morgan fingerprint density at radius 3 is 0.894 bits per heavy atom. The number of hydrogen-bond donors (Lipinski definition) is 9. The molecule has 4 aromatic rings. The third kappa shape index (κ3) is 22.8. The lowest BCUT2D eigenvalue weighted by atomic mass is 9.95. The Kier molecular flexibility index (Phi) is 31.0. The Hall–Kier alpha value is -7.56. The molecule has 4 rings (SSSR count). The van der Waals surface area contributed by atoms with Gasteiger partial charge in [-0.15, -0.1) is 0 Å². The van der Waals surface area contributed by atoms with Crippen molar-refractivity contribution in [2.75, 3.05) is 54.6 Å². The number of methoxy groups -OCH3 is 4. The lowest BCUT2D eigenvalue weighted by Crippen LogP contribution is -2.42. The molecule has 0 aromatic heterocycles. The van der Waals surface area contributed by atoms with E-state index in [1.807, 2.05) is 0 Å². The number of rotatable bonds is 43. The molecular weight excluding hydrogens is 1090 g/mol. The van der Waals surface area contributed by atoms with Crippen molar-refractivity contribution < 1.29 is 57.3 Å². The zero-order valence-electron chi connectivity index (χ0n) is 50.1. The van der Waals surface area contributed by atoms with Gasteiger partial charge in [-0.2, -0.15) is 0 Å². The molecule has 0 aliphatic rings. The Morgan fingerprint density at radius 2 is 0.624 bits per heavy atom. The van der Waals surface area contributed by atoms with Gasteiger partial charge in [-0.05, 0) is 148 Å². The number of Topliss-reactive ketones (excluding diaryl/α,β-unsaturated/α-hetero) is 4. The topological polar surface area (TPSA) is 366 Å². The van der Waals surface area contributed by atoms with Crippen molar-refractivity contribution in [1.82, 2.24) is 16.0 Å². The maximum atomic E-state index is 14.4. The lowest BCUT2D eigenvalue weighted by molar-refractivity contribution is -0.121. The second-order valence-corrected chi connectivity index (χ2v) is 21.3. The second-order valence-electron chi connectivity index (χ2n) is 21.3. The van der Waals surface area contributed by atoms with Crippen LogP contribution in [0.2, 0.25) is 0 Å². The fourth-order valence-electron chi connectivity index (χ4n) is 9.99. The quantitative estimate of drug-likeness (QED) is 0.0261. The normalized spacial score (nSPS) is 12.5. The minimum absolute atomic E-state index is 0.00545. The summed E-state index contributed by atoms with van der Waals surface area (Å²) in [5.41, 5.74) is 37.1. The van der Waals surface area contributed by atoms with Gasteiger partial charge in [0.15, 0.2) is 23.1 Å². The number of unbranched alkanes of at least 4 members (excludes halogenated alkanes) is 8. The molecule has 0 bridgehead atoms. The monoisotopic (exact) mass is 1180 g/mol. The molecule has 0 spiro atoms. The van der Waals surface area contributed by atoms with Gasteiger partial charge in [0.25, 0.3) is 23.6 Å². The van der Waals surface area contributed by atoms with Crippen molar-refractivity contribution in [2.24, 2.45) is 34.4 Å². The molecule has 0 fully saturated rings. The van der Waals surface area contributed by atoms with E-state index in [4.69, 9.17) is 53.3 Å². The number of hydrogen-bond acceptors (Lipinski definition) is 17. The number of carbonyl (C=O) groups is 8. The van der Waals surface area contributed by atoms with Crippen LogP contribution in [0.15, 0.2) is 72.8 Å². The van der Waals surface area contributed by atoms with Gasteiger partial charge in [-0.25, -0.2) is 0 Å². The van der Waals surface area contributed by atoms with Crippen LogP contribution in [-0.2, 0) is 44.9 Å². The fourth-order valence-corrected chi connectivity index (χ4v) is 9.99. The fraction of sp³-hybridized carbons (Fsp3) is 0.500. The summed E-state index contributed by atoms with van der Waals surface area (Å²) in [6.45, 7) is 1.94. The number of benzene rings is 4. The molecule has 4 aromatic carbocycles. The summed E-state index contributed by atoms with van der Waals surface area (Å²) < 4.78 is 22.0. The largest absolute Gasteiger partial charge is 0.496 e. The van der Waals surface area contributed by atoms with Crippen molar-refractivity contribution >= 4 is 46.8 Å². The highest BCUT2D eigenvalue weighted by Gasteiger charge is 2.29. The molecule has 4 atom stereocenters. The molecule has 0 unspecified atom stereocenters. The van der Waals surface area contributed by atoms with Gasteiger partial charge in [0, 0.05) is 25.7 Å². The Bertz CT molecular complexity index is 2860. The van der Waals surface area contributed by atoms with E-state index in [1.54, 1.807) is 54.6 Å². The van der Waals surface area contributed by atoms with Gasteiger partial charge >= 0.3 is 0 Å². The Labute approximate surface area is 500 Å². The average Bonchev–Trinajstić information content (AvgIpc) is 3.36. The minimum Gasteiger partial charge on any atom is -0.496 e. The number of ether oxygens (including phenoxy) is 4. The first-order valence-electron chi connectivity index (χ1n) is 29.5. The van der Waals surface area contributed by atoms with E-state index < -0.39 is 47.8 Å². The third-order valence-corrected chi connectivity index (χ3v) is 14.9. The molecule has 0 saturated carbocycles. The molecule has 4 amide bonds. The van der Waals surface area contributed by atoms with E-state index in [0.29, 0.717) is 106 Å². The Morgan fingerprint density at radius 1 is 0.365 bits per heavy atom. The molecule has 85 heavy (non-hydrogen) atoms. The van der Waals surface area contributed by atoms with E-state index in [0.717, 1.165) is 38.5 Å². The lowest BCUT2D eigenvalue weighted by Gasteiger charge is -2.21. The van der Waals surface area contributed by atoms with Crippen LogP contribution in [0.5, 0.6) is 23.0 Å². The zero-order valence-corrected chi connectivity index (χ0v) is 50.1. The summed E-state index contributed by atoms with van der Waals surface area (Å²) in [7, 11) is 5.63. The summed E-state index contributed by atoms with van der Waals surface area (Å²) in [6.07, 6.45) is 9.37. The van der Waals surface area contributed by atoms with Crippen LogP contribution in [0.4, 0.5) is 0 Å². The Balaban J connectivity index is 1.57. The van der Waals surface area contributed by atoms with Crippen molar-refractivity contribution in [1.29, 1.82) is 0 Å². The van der Waals surface area contributed by atoms with Crippen LogP contribution in [0.1, 0.15) is 166 Å². The first-order valence-corrected chi connectivity index (χ1v) is 29.5. The number of ketones is 4. The number of carbonyl (C=O) groups excluding carboxylic acids is 8. The van der Waals surface area contributed by atoms with Crippen LogP contribution in [0, 0.1) is 0 Å². The summed E-state index contributed by atoms with van der Waals surface area (Å²) in [5, 5.41) is 8.73. The summed E-state index contributed by atoms with van der Waals surface area (Å²) in [5.74, 6) is -2.81. The van der Waals surface area contributed by atoms with Gasteiger partial charge in [-0.1, -0.05) is 75.6 Å². The van der Waals surface area contributed by atoms with Crippen LogP contribution in [0.25, 0.3) is 0 Å². The molecule has 0 aliphatic carbocycles. The molecule has 0 aliphatic heterocycles. The predicted molar refractivity (Wildman–Crippen MR) is 327 cm³/mol. The summed E-state index contributed by atoms with van der Waals surface area (Å²) in [6, 6.07) is 15.5. The maximum absolute atomic E-state index is 14.4. The van der Waals surface area contributed by atoms with Crippen molar-refractivity contribution in [3.63, 3.8) is 0 Å². The van der Waals surface area contributed by atoms with E-state index in [-0.39, 0.29) is 100 Å². The van der Waals surface area contributed by atoms with E-state index in [1.165, 1.54) is 46.6 Å². The standard InChI is InChI=1S/C64H91N9O12/c1-82-57-25-21-41(33-45(57)61(70)78)38-54(75)50(18-10-6-14-30-66)71-63(80)47-35-43(23-27-59(47)84-3)40-56(77)52(20-12-8-16-32-68)73-64(81)48-36-44(24-28-60(48)85-4)39-55(76)51(19-11-7-15-31-67)72-62(79)46-34-42(22-26-58(46)83-2)37-53(74)49(69)17-9-5-13-29-65/h21-28,33-36,49-52H,5-20,29-32,37-40,65-69H2,1-4H3,(H2,70,78)(H,71,80)(H,72,79)(H,73,81)/t49-,50-,51-,52-/m0/s1. The van der Waals surface area contributed by atoms with Crippen LogP contribution >= 0.6 is 0 Å². The molecule has 21 nitrogen and oxygen atoms in total. The highest BCUT2D eigenvalue weighted by molar-refractivity contribution is 6.03.